The number of ether oxygens (including phenoxy) is 2. The van der Waals surface area contributed by atoms with Gasteiger partial charge in [0, 0.05) is 22.6 Å². The second-order valence-corrected chi connectivity index (χ2v) is 5.96. The Kier molecular flexibility index (Phi) is 4.34. The van der Waals surface area contributed by atoms with Gasteiger partial charge in [-0.05, 0) is 52.7 Å². The normalized spacial score (nSPS) is 15.1. The number of halogens is 1. The molecule has 1 N–H and O–H groups in total. The Labute approximate surface area is 133 Å². The molecule has 0 radical (unpaired) electrons. The fourth-order valence-electron chi connectivity index (χ4n) is 2.34. The minimum Gasteiger partial charge on any atom is -0.490 e. The predicted octanol–water partition coefficient (Wildman–Crippen LogP) is 4.78. The molecule has 110 valence electrons. The Hall–Kier alpha value is -1.68. The zero-order valence-corrected chi connectivity index (χ0v) is 13.5. The third-order valence-electron chi connectivity index (χ3n) is 3.52. The number of benzene rings is 2. The number of para-hydroxylation sites is 1. The minimum atomic E-state index is 0.181. The van der Waals surface area contributed by atoms with E-state index in [0.29, 0.717) is 6.61 Å². The summed E-state index contributed by atoms with van der Waals surface area (Å²) in [5.41, 5.74) is 2.26. The summed E-state index contributed by atoms with van der Waals surface area (Å²) in [7, 11) is 0. The molecule has 0 bridgehead atoms. The molecule has 0 amide bonds. The highest BCUT2D eigenvalue weighted by Crippen LogP contribution is 2.33. The van der Waals surface area contributed by atoms with E-state index in [1.807, 2.05) is 24.3 Å². The molecule has 3 rings (SSSR count). The molecule has 2 aromatic rings. The average molecular weight is 348 g/mol. The van der Waals surface area contributed by atoms with E-state index in [1.54, 1.807) is 0 Å². The van der Waals surface area contributed by atoms with E-state index in [0.717, 1.165) is 34.7 Å². The molecule has 0 aromatic heterocycles. The van der Waals surface area contributed by atoms with Crippen molar-refractivity contribution in [3.05, 3.63) is 52.5 Å². The van der Waals surface area contributed by atoms with E-state index in [4.69, 9.17) is 9.47 Å². The van der Waals surface area contributed by atoms with Crippen molar-refractivity contribution in [2.75, 3.05) is 18.5 Å². The molecule has 1 aliphatic rings. The number of fused-ring (bicyclic) bond motifs is 1. The highest BCUT2D eigenvalue weighted by Gasteiger charge is 2.14. The van der Waals surface area contributed by atoms with E-state index in [2.05, 4.69) is 46.4 Å². The second-order valence-electron chi connectivity index (χ2n) is 5.10. The Balaban J connectivity index is 1.80. The summed E-state index contributed by atoms with van der Waals surface area (Å²) in [4.78, 5) is 0. The lowest BCUT2D eigenvalue weighted by atomic mass is 10.1. The first-order valence-electron chi connectivity index (χ1n) is 7.14. The van der Waals surface area contributed by atoms with Crippen LogP contribution in [0.5, 0.6) is 11.5 Å². The van der Waals surface area contributed by atoms with Gasteiger partial charge in [0.25, 0.3) is 0 Å². The molecule has 0 aliphatic carbocycles. The summed E-state index contributed by atoms with van der Waals surface area (Å²) in [6, 6.07) is 14.4. The van der Waals surface area contributed by atoms with Crippen LogP contribution in [0.4, 0.5) is 5.69 Å². The van der Waals surface area contributed by atoms with Crippen molar-refractivity contribution >= 4 is 21.6 Å². The Morgan fingerprint density at radius 1 is 1.05 bits per heavy atom. The summed E-state index contributed by atoms with van der Waals surface area (Å²) in [6.45, 7) is 3.57. The SMILES string of the molecule is CC(Nc1ccccc1Br)c1ccc2c(c1)OCCCO2. The summed E-state index contributed by atoms with van der Waals surface area (Å²) in [5, 5.41) is 3.51. The zero-order valence-electron chi connectivity index (χ0n) is 11.9. The highest BCUT2D eigenvalue weighted by atomic mass is 79.9. The quantitative estimate of drug-likeness (QED) is 0.866. The van der Waals surface area contributed by atoms with Gasteiger partial charge in [0.05, 0.1) is 13.2 Å². The van der Waals surface area contributed by atoms with Crippen LogP contribution < -0.4 is 14.8 Å². The molecular formula is C17H18BrNO2. The highest BCUT2D eigenvalue weighted by molar-refractivity contribution is 9.10. The predicted molar refractivity (Wildman–Crippen MR) is 88.2 cm³/mol. The van der Waals surface area contributed by atoms with Gasteiger partial charge in [-0.1, -0.05) is 18.2 Å². The number of hydrogen-bond acceptors (Lipinski definition) is 3. The monoisotopic (exact) mass is 347 g/mol. The van der Waals surface area contributed by atoms with Crippen molar-refractivity contribution in [2.24, 2.45) is 0 Å². The first-order valence-corrected chi connectivity index (χ1v) is 7.94. The molecule has 3 nitrogen and oxygen atoms in total. The Morgan fingerprint density at radius 2 is 1.81 bits per heavy atom. The lowest BCUT2D eigenvalue weighted by Gasteiger charge is -2.18. The van der Waals surface area contributed by atoms with Gasteiger partial charge >= 0.3 is 0 Å². The van der Waals surface area contributed by atoms with Crippen molar-refractivity contribution in [2.45, 2.75) is 19.4 Å². The smallest absolute Gasteiger partial charge is 0.161 e. The third-order valence-corrected chi connectivity index (χ3v) is 4.21. The van der Waals surface area contributed by atoms with Crippen LogP contribution >= 0.6 is 15.9 Å². The topological polar surface area (TPSA) is 30.5 Å². The van der Waals surface area contributed by atoms with Gasteiger partial charge in [-0.15, -0.1) is 0 Å². The molecule has 1 heterocycles. The van der Waals surface area contributed by atoms with Crippen molar-refractivity contribution in [3.63, 3.8) is 0 Å². The van der Waals surface area contributed by atoms with Gasteiger partial charge in [-0.25, -0.2) is 0 Å². The lowest BCUT2D eigenvalue weighted by molar-refractivity contribution is 0.297. The first-order chi connectivity index (χ1) is 10.2. The standard InChI is InChI=1S/C17H18BrNO2/c1-12(19-15-6-3-2-5-14(15)18)13-7-8-16-17(11-13)21-10-4-9-20-16/h2-3,5-8,11-12,19H,4,9-10H2,1H3. The molecule has 1 atom stereocenters. The van der Waals surface area contributed by atoms with Gasteiger partial charge in [0.1, 0.15) is 0 Å². The van der Waals surface area contributed by atoms with Crippen LogP contribution in [0.2, 0.25) is 0 Å². The van der Waals surface area contributed by atoms with Gasteiger partial charge in [-0.3, -0.25) is 0 Å². The second kappa shape index (κ2) is 6.39. The summed E-state index contributed by atoms with van der Waals surface area (Å²) < 4.78 is 12.5. The molecule has 0 spiro atoms. The fourth-order valence-corrected chi connectivity index (χ4v) is 2.74. The maximum Gasteiger partial charge on any atom is 0.161 e. The molecule has 2 aromatic carbocycles. The Morgan fingerprint density at radius 3 is 2.62 bits per heavy atom. The van der Waals surface area contributed by atoms with Gasteiger partial charge in [0.15, 0.2) is 11.5 Å². The van der Waals surface area contributed by atoms with Gasteiger partial charge in [0.2, 0.25) is 0 Å². The molecule has 0 saturated heterocycles. The average Bonchev–Trinajstić information content (AvgIpc) is 2.74. The summed E-state index contributed by atoms with van der Waals surface area (Å²) in [6.07, 6.45) is 0.925. The van der Waals surface area contributed by atoms with Crippen molar-refractivity contribution < 1.29 is 9.47 Å². The van der Waals surface area contributed by atoms with Gasteiger partial charge < -0.3 is 14.8 Å². The number of hydrogen-bond donors (Lipinski definition) is 1. The van der Waals surface area contributed by atoms with Crippen LogP contribution in [0.1, 0.15) is 24.9 Å². The molecule has 21 heavy (non-hydrogen) atoms. The van der Waals surface area contributed by atoms with Crippen molar-refractivity contribution in [1.29, 1.82) is 0 Å². The maximum absolute atomic E-state index is 5.75. The van der Waals surface area contributed by atoms with Crippen LogP contribution in [-0.2, 0) is 0 Å². The molecule has 1 unspecified atom stereocenters. The fraction of sp³-hybridized carbons (Fsp3) is 0.294. The van der Waals surface area contributed by atoms with Gasteiger partial charge in [-0.2, -0.15) is 0 Å². The molecular weight excluding hydrogens is 330 g/mol. The van der Waals surface area contributed by atoms with Crippen molar-refractivity contribution in [3.8, 4) is 11.5 Å². The third kappa shape index (κ3) is 3.32. The maximum atomic E-state index is 5.75. The summed E-state index contributed by atoms with van der Waals surface area (Å²) in [5.74, 6) is 1.68. The number of anilines is 1. The molecule has 0 saturated carbocycles. The van der Waals surface area contributed by atoms with Crippen LogP contribution in [-0.4, -0.2) is 13.2 Å². The van der Waals surface area contributed by atoms with E-state index >= 15 is 0 Å². The Bertz CT molecular complexity index is 630. The van der Waals surface area contributed by atoms with Crippen LogP contribution in [0.15, 0.2) is 46.9 Å². The number of rotatable bonds is 3. The van der Waals surface area contributed by atoms with E-state index < -0.39 is 0 Å². The van der Waals surface area contributed by atoms with E-state index in [-0.39, 0.29) is 6.04 Å². The molecule has 1 aliphatic heterocycles. The number of nitrogens with one attached hydrogen (secondary N) is 1. The lowest BCUT2D eigenvalue weighted by Crippen LogP contribution is -2.07. The zero-order chi connectivity index (χ0) is 14.7. The molecule has 0 fully saturated rings. The minimum absolute atomic E-state index is 0.181. The van der Waals surface area contributed by atoms with Crippen molar-refractivity contribution in [1.82, 2.24) is 0 Å². The van der Waals surface area contributed by atoms with E-state index in [1.165, 1.54) is 5.56 Å². The first kappa shape index (κ1) is 14.3. The van der Waals surface area contributed by atoms with Crippen LogP contribution in [0.25, 0.3) is 0 Å². The summed E-state index contributed by atoms with van der Waals surface area (Å²) >= 11 is 3.56. The van der Waals surface area contributed by atoms with Crippen LogP contribution in [0, 0.1) is 0 Å². The van der Waals surface area contributed by atoms with E-state index in [9.17, 15) is 0 Å². The van der Waals surface area contributed by atoms with Crippen LogP contribution in [0.3, 0.4) is 0 Å². The molecule has 4 heteroatoms. The largest absolute Gasteiger partial charge is 0.490 e.